The van der Waals surface area contributed by atoms with Crippen LogP contribution in [0.15, 0.2) is 48.8 Å². The van der Waals surface area contributed by atoms with Crippen LogP contribution in [-0.4, -0.2) is 39.4 Å². The minimum Gasteiger partial charge on any atom is -0.324 e. The molecule has 1 saturated heterocycles. The zero-order valence-electron chi connectivity index (χ0n) is 12.1. The van der Waals surface area contributed by atoms with Crippen molar-refractivity contribution in [3.8, 4) is 0 Å². The Kier molecular flexibility index (Phi) is 4.83. The smallest absolute Gasteiger partial charge is 0.255 e. The number of pyridine rings is 1. The number of halogens is 1. The molecule has 1 atom stereocenters. The van der Waals surface area contributed by atoms with Gasteiger partial charge in [-0.05, 0) is 36.4 Å². The third-order valence-corrected chi connectivity index (χ3v) is 4.75. The Morgan fingerprint density at radius 3 is 2.57 bits per heavy atom. The number of anilines is 1. The molecule has 0 spiro atoms. The normalized spacial score (nSPS) is 17.1. The molecule has 1 aliphatic heterocycles. The van der Waals surface area contributed by atoms with Crippen LogP contribution in [0.1, 0.15) is 10.4 Å². The fourth-order valence-electron chi connectivity index (χ4n) is 2.28. The molecular weight excluding hydrogens is 334 g/mol. The van der Waals surface area contributed by atoms with E-state index in [1.54, 1.807) is 65.5 Å². The maximum atomic E-state index is 12.6. The summed E-state index contributed by atoms with van der Waals surface area (Å²) >= 11 is 7.41. The van der Waals surface area contributed by atoms with Gasteiger partial charge in [0.25, 0.3) is 5.91 Å². The van der Waals surface area contributed by atoms with E-state index >= 15 is 0 Å². The van der Waals surface area contributed by atoms with Gasteiger partial charge in [-0.25, -0.2) is 0 Å². The number of hydrogen-bond donors (Lipinski definition) is 1. The molecule has 1 aromatic carbocycles. The molecule has 0 aliphatic carbocycles. The summed E-state index contributed by atoms with van der Waals surface area (Å²) in [6.07, 6.45) is 3.21. The Labute approximate surface area is 143 Å². The van der Waals surface area contributed by atoms with Crippen molar-refractivity contribution in [2.75, 3.05) is 16.9 Å². The van der Waals surface area contributed by atoms with Crippen LogP contribution in [0.25, 0.3) is 0 Å². The average molecular weight is 348 g/mol. The molecule has 23 heavy (non-hydrogen) atoms. The van der Waals surface area contributed by atoms with Crippen LogP contribution < -0.4 is 5.32 Å². The molecule has 0 radical (unpaired) electrons. The summed E-state index contributed by atoms with van der Waals surface area (Å²) in [7, 11) is 0. The van der Waals surface area contributed by atoms with Crippen molar-refractivity contribution in [2.45, 2.75) is 6.04 Å². The SMILES string of the molecule is O=C(Nc1ccncc1)[C@@H]1CSCN1C(=O)c1ccc(Cl)cc1. The van der Waals surface area contributed by atoms with Gasteiger partial charge in [-0.2, -0.15) is 0 Å². The van der Waals surface area contributed by atoms with Gasteiger partial charge in [-0.3, -0.25) is 14.6 Å². The summed E-state index contributed by atoms with van der Waals surface area (Å²) in [6.45, 7) is 0. The van der Waals surface area contributed by atoms with Gasteiger partial charge in [-0.1, -0.05) is 11.6 Å². The lowest BCUT2D eigenvalue weighted by atomic mass is 10.1. The Morgan fingerprint density at radius 1 is 1.17 bits per heavy atom. The fourth-order valence-corrected chi connectivity index (χ4v) is 3.56. The maximum absolute atomic E-state index is 12.6. The van der Waals surface area contributed by atoms with Crippen molar-refractivity contribution in [3.63, 3.8) is 0 Å². The van der Waals surface area contributed by atoms with Gasteiger partial charge in [-0.15, -0.1) is 11.8 Å². The van der Waals surface area contributed by atoms with Gasteiger partial charge in [0.1, 0.15) is 6.04 Å². The van der Waals surface area contributed by atoms with Crippen molar-refractivity contribution in [1.82, 2.24) is 9.88 Å². The van der Waals surface area contributed by atoms with Crippen molar-refractivity contribution < 1.29 is 9.59 Å². The molecule has 2 amide bonds. The van der Waals surface area contributed by atoms with Crippen LogP contribution in [0, 0.1) is 0 Å². The Morgan fingerprint density at radius 2 is 1.87 bits per heavy atom. The Hall–Kier alpha value is -2.05. The first-order valence-corrected chi connectivity index (χ1v) is 8.53. The summed E-state index contributed by atoms with van der Waals surface area (Å²) in [5.41, 5.74) is 1.19. The third kappa shape index (κ3) is 3.65. The van der Waals surface area contributed by atoms with E-state index < -0.39 is 6.04 Å². The van der Waals surface area contributed by atoms with Gasteiger partial charge in [0.05, 0.1) is 5.88 Å². The second-order valence-corrected chi connectivity index (χ2v) is 6.46. The highest BCUT2D eigenvalue weighted by molar-refractivity contribution is 7.99. The Bertz CT molecular complexity index is 709. The lowest BCUT2D eigenvalue weighted by molar-refractivity contribution is -0.119. The molecule has 2 aromatic rings. The third-order valence-electron chi connectivity index (χ3n) is 3.48. The zero-order valence-corrected chi connectivity index (χ0v) is 13.7. The van der Waals surface area contributed by atoms with Crippen LogP contribution in [0.3, 0.4) is 0 Å². The monoisotopic (exact) mass is 347 g/mol. The van der Waals surface area contributed by atoms with Gasteiger partial charge in [0.15, 0.2) is 0 Å². The minimum absolute atomic E-state index is 0.165. The zero-order chi connectivity index (χ0) is 16.2. The van der Waals surface area contributed by atoms with Crippen LogP contribution in [0.2, 0.25) is 5.02 Å². The average Bonchev–Trinajstić information content (AvgIpc) is 3.05. The predicted octanol–water partition coefficient (Wildman–Crippen LogP) is 2.89. The van der Waals surface area contributed by atoms with Crippen LogP contribution in [0.5, 0.6) is 0 Å². The lowest BCUT2D eigenvalue weighted by Gasteiger charge is -2.23. The molecule has 0 saturated carbocycles. The van der Waals surface area contributed by atoms with Crippen molar-refractivity contribution >= 4 is 40.9 Å². The van der Waals surface area contributed by atoms with Crippen molar-refractivity contribution in [1.29, 1.82) is 0 Å². The molecule has 0 unspecified atom stereocenters. The second kappa shape index (κ2) is 7.02. The molecule has 1 fully saturated rings. The lowest BCUT2D eigenvalue weighted by Crippen LogP contribution is -2.44. The Balaban J connectivity index is 1.73. The molecule has 1 aliphatic rings. The van der Waals surface area contributed by atoms with Crippen LogP contribution in [0.4, 0.5) is 5.69 Å². The first-order valence-electron chi connectivity index (χ1n) is 7.00. The van der Waals surface area contributed by atoms with Crippen LogP contribution >= 0.6 is 23.4 Å². The predicted molar refractivity (Wildman–Crippen MR) is 91.6 cm³/mol. The van der Waals surface area contributed by atoms with E-state index in [1.165, 1.54) is 0 Å². The number of benzene rings is 1. The van der Waals surface area contributed by atoms with E-state index in [2.05, 4.69) is 10.3 Å². The minimum atomic E-state index is -0.489. The number of amides is 2. The fraction of sp³-hybridized carbons (Fsp3) is 0.188. The summed E-state index contributed by atoms with van der Waals surface area (Å²) in [5, 5.41) is 3.40. The molecule has 5 nitrogen and oxygen atoms in total. The van der Waals surface area contributed by atoms with E-state index in [1.807, 2.05) is 0 Å². The summed E-state index contributed by atoms with van der Waals surface area (Å²) in [6, 6.07) is 9.62. The molecule has 3 rings (SSSR count). The highest BCUT2D eigenvalue weighted by Crippen LogP contribution is 2.24. The summed E-state index contributed by atoms with van der Waals surface area (Å²) in [4.78, 5) is 30.6. The molecule has 1 N–H and O–H groups in total. The maximum Gasteiger partial charge on any atom is 0.255 e. The standard InChI is InChI=1S/C16H14ClN3O2S/c17-12-3-1-11(2-4-12)16(22)20-10-23-9-14(20)15(21)19-13-5-7-18-8-6-13/h1-8,14H,9-10H2,(H,18,19,21)/t14-/m0/s1. The highest BCUT2D eigenvalue weighted by atomic mass is 35.5. The van der Waals surface area contributed by atoms with E-state index in [0.29, 0.717) is 27.9 Å². The van der Waals surface area contributed by atoms with Crippen molar-refractivity contribution in [2.24, 2.45) is 0 Å². The first kappa shape index (κ1) is 15.8. The number of nitrogens with zero attached hydrogens (tertiary/aromatic N) is 2. The van der Waals surface area contributed by atoms with Gasteiger partial charge in [0.2, 0.25) is 5.91 Å². The number of rotatable bonds is 3. The number of carbonyl (C=O) groups excluding carboxylic acids is 2. The number of carbonyl (C=O) groups is 2. The number of thioether (sulfide) groups is 1. The molecule has 1 aromatic heterocycles. The van der Waals surface area contributed by atoms with E-state index in [4.69, 9.17) is 11.6 Å². The number of aromatic nitrogens is 1. The number of hydrogen-bond acceptors (Lipinski definition) is 4. The van der Waals surface area contributed by atoms with Gasteiger partial charge < -0.3 is 10.2 Å². The summed E-state index contributed by atoms with van der Waals surface area (Å²) in [5.74, 6) is 0.719. The van der Waals surface area contributed by atoms with Crippen molar-refractivity contribution in [3.05, 3.63) is 59.4 Å². The van der Waals surface area contributed by atoms with E-state index in [9.17, 15) is 9.59 Å². The topological polar surface area (TPSA) is 62.3 Å². The van der Waals surface area contributed by atoms with Gasteiger partial charge in [0, 0.05) is 34.4 Å². The highest BCUT2D eigenvalue weighted by Gasteiger charge is 2.35. The molecule has 2 heterocycles. The van der Waals surface area contributed by atoms with Gasteiger partial charge >= 0.3 is 0 Å². The molecule has 0 bridgehead atoms. The molecular formula is C16H14ClN3O2S. The molecule has 7 heteroatoms. The van der Waals surface area contributed by atoms with E-state index in [-0.39, 0.29) is 11.8 Å². The van der Waals surface area contributed by atoms with E-state index in [0.717, 1.165) is 0 Å². The second-order valence-electron chi connectivity index (χ2n) is 5.02. The molecule has 118 valence electrons. The van der Waals surface area contributed by atoms with Crippen LogP contribution in [-0.2, 0) is 4.79 Å². The summed E-state index contributed by atoms with van der Waals surface area (Å²) < 4.78 is 0. The largest absolute Gasteiger partial charge is 0.324 e. The number of nitrogens with one attached hydrogen (secondary N) is 1. The quantitative estimate of drug-likeness (QED) is 0.927. The first-order chi connectivity index (χ1) is 11.1.